The maximum absolute atomic E-state index is 13.5. The van der Waals surface area contributed by atoms with Crippen LogP contribution in [-0.2, 0) is 26.2 Å². The highest BCUT2D eigenvalue weighted by Crippen LogP contribution is 2.33. The predicted molar refractivity (Wildman–Crippen MR) is 136 cm³/mol. The number of sulfonamides is 1. The Bertz CT molecular complexity index is 1200. The minimum Gasteiger partial charge on any atom is -0.495 e. The molecule has 36 heavy (non-hydrogen) atoms. The smallest absolute Gasteiger partial charge is 0.271 e. The number of nitrogens with zero attached hydrogens (tertiary/aromatic N) is 3. The lowest BCUT2D eigenvalue weighted by Gasteiger charge is -2.31. The second kappa shape index (κ2) is 12.3. The monoisotopic (exact) mass is 520 g/mol. The van der Waals surface area contributed by atoms with Crippen LogP contribution in [-0.4, -0.2) is 62.6 Å². The molecule has 1 N–H and O–H groups in total. The number of benzene rings is 2. The Morgan fingerprint density at radius 1 is 1.17 bits per heavy atom. The van der Waals surface area contributed by atoms with Crippen LogP contribution >= 0.6 is 0 Å². The molecule has 0 fully saturated rings. The molecule has 0 bridgehead atoms. The van der Waals surface area contributed by atoms with Crippen molar-refractivity contribution >= 4 is 33.2 Å². The van der Waals surface area contributed by atoms with Crippen molar-refractivity contribution in [2.45, 2.75) is 39.8 Å². The first kappa shape index (κ1) is 28.6. The van der Waals surface area contributed by atoms with Gasteiger partial charge in [0.05, 0.1) is 18.3 Å². The van der Waals surface area contributed by atoms with Crippen molar-refractivity contribution < 1.29 is 27.7 Å². The third-order valence-corrected chi connectivity index (χ3v) is 6.64. The summed E-state index contributed by atoms with van der Waals surface area (Å²) < 4.78 is 31.4. The first-order valence-corrected chi connectivity index (χ1v) is 13.2. The van der Waals surface area contributed by atoms with Gasteiger partial charge in [-0.1, -0.05) is 36.8 Å². The quantitative estimate of drug-likeness (QED) is 0.335. The molecule has 0 saturated carbocycles. The molecule has 0 aliphatic rings. The standard InChI is InChI=1S/C24H32N4O7S/c1-6-13-25-24(30)18(3)26(15-19-9-7-17(2)8-10-19)23(29)16-27(36(5,33)34)21-14-20(28(31)32)11-12-22(21)35-4/h7-12,14,18H,6,13,15-16H2,1-5H3,(H,25,30). The molecular weight excluding hydrogens is 488 g/mol. The van der Waals surface area contributed by atoms with Crippen molar-refractivity contribution in [2.75, 3.05) is 30.8 Å². The topological polar surface area (TPSA) is 139 Å². The summed E-state index contributed by atoms with van der Waals surface area (Å²) in [6.45, 7) is 5.18. The van der Waals surface area contributed by atoms with Crippen molar-refractivity contribution in [1.82, 2.24) is 10.2 Å². The molecule has 0 aromatic heterocycles. The minimum atomic E-state index is -4.08. The molecule has 0 aliphatic carbocycles. The molecule has 2 aromatic rings. The largest absolute Gasteiger partial charge is 0.495 e. The first-order valence-electron chi connectivity index (χ1n) is 11.3. The molecule has 0 heterocycles. The Kier molecular flexibility index (Phi) is 9.79. The van der Waals surface area contributed by atoms with Gasteiger partial charge in [0.1, 0.15) is 24.0 Å². The lowest BCUT2D eigenvalue weighted by atomic mass is 10.1. The van der Waals surface area contributed by atoms with Gasteiger partial charge < -0.3 is 15.0 Å². The summed E-state index contributed by atoms with van der Waals surface area (Å²) in [5, 5.41) is 14.1. The van der Waals surface area contributed by atoms with Crippen LogP contribution in [0, 0.1) is 17.0 Å². The van der Waals surface area contributed by atoms with E-state index in [9.17, 15) is 28.1 Å². The number of nitrogens with one attached hydrogen (secondary N) is 1. The molecule has 196 valence electrons. The Morgan fingerprint density at radius 2 is 1.81 bits per heavy atom. The molecule has 2 amide bonds. The Balaban J connectivity index is 2.49. The molecule has 1 atom stereocenters. The molecule has 0 saturated heterocycles. The van der Waals surface area contributed by atoms with Gasteiger partial charge in [-0.05, 0) is 31.9 Å². The molecule has 1 unspecified atom stereocenters. The minimum absolute atomic E-state index is 0.0395. The number of nitro groups is 1. The Morgan fingerprint density at radius 3 is 2.33 bits per heavy atom. The molecule has 2 aromatic carbocycles. The number of ether oxygens (including phenoxy) is 1. The van der Waals surface area contributed by atoms with Crippen molar-refractivity contribution in [1.29, 1.82) is 0 Å². The molecular formula is C24H32N4O7S. The van der Waals surface area contributed by atoms with Crippen molar-refractivity contribution in [3.8, 4) is 5.75 Å². The Hall–Kier alpha value is -3.67. The van der Waals surface area contributed by atoms with E-state index in [0.29, 0.717) is 13.0 Å². The predicted octanol–water partition coefficient (Wildman–Crippen LogP) is 2.62. The zero-order valence-electron chi connectivity index (χ0n) is 21.1. The van der Waals surface area contributed by atoms with Crippen LogP contribution in [0.1, 0.15) is 31.4 Å². The number of methoxy groups -OCH3 is 1. The number of amides is 2. The van der Waals surface area contributed by atoms with Gasteiger partial charge in [-0.25, -0.2) is 8.42 Å². The van der Waals surface area contributed by atoms with Crippen LogP contribution in [0.25, 0.3) is 0 Å². The van der Waals surface area contributed by atoms with Gasteiger partial charge in [0.2, 0.25) is 21.8 Å². The number of hydrogen-bond donors (Lipinski definition) is 1. The van der Waals surface area contributed by atoms with Gasteiger partial charge in [0, 0.05) is 25.2 Å². The number of rotatable bonds is 12. The summed E-state index contributed by atoms with van der Waals surface area (Å²) in [6, 6.07) is 9.96. The highest BCUT2D eigenvalue weighted by atomic mass is 32.2. The highest BCUT2D eigenvalue weighted by Gasteiger charge is 2.31. The fourth-order valence-electron chi connectivity index (χ4n) is 3.45. The van der Waals surface area contributed by atoms with E-state index in [0.717, 1.165) is 27.8 Å². The molecule has 0 spiro atoms. The average Bonchev–Trinajstić information content (AvgIpc) is 2.83. The summed E-state index contributed by atoms with van der Waals surface area (Å²) in [5.74, 6) is -0.998. The third kappa shape index (κ3) is 7.41. The number of carbonyl (C=O) groups excluding carboxylic acids is 2. The maximum Gasteiger partial charge on any atom is 0.271 e. The number of aryl methyl sites for hydroxylation is 1. The third-order valence-electron chi connectivity index (χ3n) is 5.51. The number of nitro benzene ring substituents is 1. The zero-order valence-corrected chi connectivity index (χ0v) is 21.9. The normalized spacial score (nSPS) is 11.9. The molecule has 2 rings (SSSR count). The number of anilines is 1. The first-order chi connectivity index (χ1) is 16.9. The number of carbonyl (C=O) groups is 2. The van der Waals surface area contributed by atoms with E-state index < -0.39 is 33.4 Å². The fourth-order valence-corrected chi connectivity index (χ4v) is 4.30. The van der Waals surface area contributed by atoms with Gasteiger partial charge in [-0.15, -0.1) is 0 Å². The maximum atomic E-state index is 13.5. The van der Waals surface area contributed by atoms with E-state index in [4.69, 9.17) is 4.74 Å². The average molecular weight is 521 g/mol. The second-order valence-electron chi connectivity index (χ2n) is 8.36. The number of hydrogen-bond acceptors (Lipinski definition) is 7. The lowest BCUT2D eigenvalue weighted by molar-refractivity contribution is -0.384. The summed E-state index contributed by atoms with van der Waals surface area (Å²) in [7, 11) is -2.79. The lowest BCUT2D eigenvalue weighted by Crippen LogP contribution is -2.51. The van der Waals surface area contributed by atoms with Crippen LogP contribution in [0.3, 0.4) is 0 Å². The number of non-ortho nitro benzene ring substituents is 1. The van der Waals surface area contributed by atoms with Gasteiger partial charge in [0.15, 0.2) is 0 Å². The van der Waals surface area contributed by atoms with Crippen LogP contribution in [0.15, 0.2) is 42.5 Å². The van der Waals surface area contributed by atoms with Crippen molar-refractivity contribution in [3.63, 3.8) is 0 Å². The molecule has 0 radical (unpaired) electrons. The molecule has 12 heteroatoms. The SMILES string of the molecule is CCCNC(=O)C(C)N(Cc1ccc(C)cc1)C(=O)CN(c1cc([N+](=O)[O-])ccc1OC)S(C)(=O)=O. The summed E-state index contributed by atoms with van der Waals surface area (Å²) in [6.07, 6.45) is 1.60. The summed E-state index contributed by atoms with van der Waals surface area (Å²) in [5.41, 5.74) is 1.26. The van der Waals surface area contributed by atoms with Gasteiger partial charge >= 0.3 is 0 Å². The van der Waals surface area contributed by atoms with E-state index in [1.54, 1.807) is 6.92 Å². The second-order valence-corrected chi connectivity index (χ2v) is 10.3. The Labute approximate surface area is 211 Å². The van der Waals surface area contributed by atoms with Crippen LogP contribution < -0.4 is 14.4 Å². The van der Waals surface area contributed by atoms with E-state index in [1.165, 1.54) is 24.1 Å². The van der Waals surface area contributed by atoms with E-state index in [1.807, 2.05) is 38.1 Å². The zero-order chi connectivity index (χ0) is 27.0. The van der Waals surface area contributed by atoms with Crippen molar-refractivity contribution in [2.24, 2.45) is 0 Å². The van der Waals surface area contributed by atoms with Crippen LogP contribution in [0.5, 0.6) is 5.75 Å². The van der Waals surface area contributed by atoms with E-state index in [2.05, 4.69) is 5.32 Å². The van der Waals surface area contributed by atoms with Gasteiger partial charge in [0.25, 0.3) is 5.69 Å². The van der Waals surface area contributed by atoms with Gasteiger partial charge in [-0.2, -0.15) is 0 Å². The molecule has 0 aliphatic heterocycles. The molecule has 11 nitrogen and oxygen atoms in total. The van der Waals surface area contributed by atoms with E-state index in [-0.39, 0.29) is 29.6 Å². The highest BCUT2D eigenvalue weighted by molar-refractivity contribution is 7.92. The van der Waals surface area contributed by atoms with Gasteiger partial charge in [-0.3, -0.25) is 24.0 Å². The summed E-state index contributed by atoms with van der Waals surface area (Å²) >= 11 is 0. The fraction of sp³-hybridized carbons (Fsp3) is 0.417. The van der Waals surface area contributed by atoms with Crippen LogP contribution in [0.4, 0.5) is 11.4 Å². The van der Waals surface area contributed by atoms with E-state index >= 15 is 0 Å². The summed E-state index contributed by atoms with van der Waals surface area (Å²) in [4.78, 5) is 38.2. The van der Waals surface area contributed by atoms with Crippen LogP contribution in [0.2, 0.25) is 0 Å². The van der Waals surface area contributed by atoms with Crippen molar-refractivity contribution in [3.05, 3.63) is 63.7 Å².